The summed E-state index contributed by atoms with van der Waals surface area (Å²) in [5, 5.41) is 7.02. The Morgan fingerprint density at radius 3 is 2.83 bits per heavy atom. The van der Waals surface area contributed by atoms with Gasteiger partial charge in [-0.3, -0.25) is 9.78 Å². The monoisotopic (exact) mass is 341 g/mol. The number of carbonyl (C=O) groups is 1. The molecule has 1 amide bonds. The van der Waals surface area contributed by atoms with Crippen molar-refractivity contribution >= 4 is 33.3 Å². The van der Waals surface area contributed by atoms with Gasteiger partial charge in [-0.05, 0) is 38.0 Å². The van der Waals surface area contributed by atoms with E-state index in [0.717, 1.165) is 27.2 Å². The summed E-state index contributed by atoms with van der Waals surface area (Å²) in [4.78, 5) is 27.2. The van der Waals surface area contributed by atoms with Gasteiger partial charge >= 0.3 is 0 Å². The van der Waals surface area contributed by atoms with Gasteiger partial charge in [-0.2, -0.15) is 0 Å². The Morgan fingerprint density at radius 2 is 2.08 bits per heavy atom. The van der Waals surface area contributed by atoms with Crippen molar-refractivity contribution in [3.05, 3.63) is 46.4 Å². The molecule has 0 unspecified atom stereocenters. The summed E-state index contributed by atoms with van der Waals surface area (Å²) < 4.78 is 0. The number of pyridine rings is 1. The summed E-state index contributed by atoms with van der Waals surface area (Å²) >= 11 is 1.65. The second-order valence-electron chi connectivity index (χ2n) is 5.57. The van der Waals surface area contributed by atoms with Crippen molar-refractivity contribution in [2.24, 2.45) is 0 Å². The SMILES string of the molecule is Cc1nc(NCC(=O)NCc2cccnc2)c2c(C)c(C)sc2n1. The number of rotatable bonds is 5. The van der Waals surface area contributed by atoms with Crippen molar-refractivity contribution in [1.29, 1.82) is 0 Å². The molecule has 0 atom stereocenters. The predicted molar refractivity (Wildman–Crippen MR) is 96.2 cm³/mol. The maximum Gasteiger partial charge on any atom is 0.239 e. The van der Waals surface area contributed by atoms with Gasteiger partial charge in [0.05, 0.1) is 11.9 Å². The smallest absolute Gasteiger partial charge is 0.239 e. The molecule has 0 aromatic carbocycles. The van der Waals surface area contributed by atoms with Crippen molar-refractivity contribution < 1.29 is 4.79 Å². The van der Waals surface area contributed by atoms with E-state index in [1.165, 1.54) is 4.88 Å². The van der Waals surface area contributed by atoms with Gasteiger partial charge in [0.25, 0.3) is 0 Å². The zero-order valence-corrected chi connectivity index (χ0v) is 14.7. The van der Waals surface area contributed by atoms with E-state index in [1.54, 1.807) is 23.7 Å². The van der Waals surface area contributed by atoms with Crippen LogP contribution in [0.1, 0.15) is 21.8 Å². The molecular formula is C17H19N5OS. The van der Waals surface area contributed by atoms with Crippen molar-refractivity contribution in [3.8, 4) is 0 Å². The van der Waals surface area contributed by atoms with E-state index < -0.39 is 0 Å². The third-order valence-electron chi connectivity index (χ3n) is 3.77. The van der Waals surface area contributed by atoms with E-state index in [1.807, 2.05) is 19.1 Å². The number of amides is 1. The Balaban J connectivity index is 1.68. The number of aromatic nitrogens is 3. The van der Waals surface area contributed by atoms with E-state index in [2.05, 4.69) is 39.4 Å². The highest BCUT2D eigenvalue weighted by Crippen LogP contribution is 2.32. The second-order valence-corrected chi connectivity index (χ2v) is 6.78. The summed E-state index contributed by atoms with van der Waals surface area (Å²) in [5.41, 5.74) is 2.13. The molecule has 0 aliphatic rings. The first kappa shape index (κ1) is 16.3. The molecule has 0 saturated carbocycles. The molecule has 0 saturated heterocycles. The van der Waals surface area contributed by atoms with Crippen LogP contribution in [-0.2, 0) is 11.3 Å². The lowest BCUT2D eigenvalue weighted by atomic mass is 10.2. The highest BCUT2D eigenvalue weighted by atomic mass is 32.1. The average molecular weight is 341 g/mol. The van der Waals surface area contributed by atoms with E-state index in [4.69, 9.17) is 0 Å². The van der Waals surface area contributed by atoms with E-state index >= 15 is 0 Å². The second kappa shape index (κ2) is 6.92. The maximum atomic E-state index is 12.1. The molecule has 0 spiro atoms. The van der Waals surface area contributed by atoms with Crippen LogP contribution in [0.3, 0.4) is 0 Å². The van der Waals surface area contributed by atoms with Crippen molar-refractivity contribution in [2.45, 2.75) is 27.3 Å². The van der Waals surface area contributed by atoms with E-state index in [9.17, 15) is 4.79 Å². The Bertz CT molecular complexity index is 876. The Kier molecular flexibility index (Phi) is 4.71. The van der Waals surface area contributed by atoms with Crippen LogP contribution in [0.5, 0.6) is 0 Å². The number of fused-ring (bicyclic) bond motifs is 1. The molecule has 3 aromatic heterocycles. The number of hydrogen-bond donors (Lipinski definition) is 2. The zero-order chi connectivity index (χ0) is 17.1. The third-order valence-corrected chi connectivity index (χ3v) is 4.87. The van der Waals surface area contributed by atoms with E-state index in [-0.39, 0.29) is 12.5 Å². The molecule has 6 nitrogen and oxygen atoms in total. The number of hydrogen-bond acceptors (Lipinski definition) is 6. The number of aryl methyl sites for hydroxylation is 3. The van der Waals surface area contributed by atoms with Crippen LogP contribution in [-0.4, -0.2) is 27.4 Å². The third kappa shape index (κ3) is 3.51. The molecule has 0 aliphatic carbocycles. The normalized spacial score (nSPS) is 10.8. The van der Waals surface area contributed by atoms with Crippen LogP contribution in [0.25, 0.3) is 10.2 Å². The van der Waals surface area contributed by atoms with Crippen LogP contribution in [0.4, 0.5) is 5.82 Å². The fourth-order valence-electron chi connectivity index (χ4n) is 2.41. The quantitative estimate of drug-likeness (QED) is 0.746. The van der Waals surface area contributed by atoms with Crippen molar-refractivity contribution in [1.82, 2.24) is 20.3 Å². The fraction of sp³-hybridized carbons (Fsp3) is 0.294. The Labute approximate surface area is 144 Å². The van der Waals surface area contributed by atoms with Gasteiger partial charge in [-0.1, -0.05) is 6.07 Å². The number of thiophene rings is 1. The largest absolute Gasteiger partial charge is 0.360 e. The molecule has 0 fully saturated rings. The fourth-order valence-corrected chi connectivity index (χ4v) is 3.49. The lowest BCUT2D eigenvalue weighted by Gasteiger charge is -2.09. The average Bonchev–Trinajstić information content (AvgIpc) is 2.86. The molecular weight excluding hydrogens is 322 g/mol. The maximum absolute atomic E-state index is 12.1. The van der Waals surface area contributed by atoms with Gasteiger partial charge in [-0.15, -0.1) is 11.3 Å². The minimum absolute atomic E-state index is 0.0899. The first-order valence-corrected chi connectivity index (χ1v) is 8.50. The summed E-state index contributed by atoms with van der Waals surface area (Å²) in [7, 11) is 0. The zero-order valence-electron chi connectivity index (χ0n) is 13.9. The predicted octanol–water partition coefficient (Wildman–Crippen LogP) is 2.74. The topological polar surface area (TPSA) is 79.8 Å². The molecule has 0 aliphatic heterocycles. The van der Waals surface area contributed by atoms with Crippen LogP contribution < -0.4 is 10.6 Å². The number of carbonyl (C=O) groups excluding carboxylic acids is 1. The Hall–Kier alpha value is -2.54. The number of nitrogens with one attached hydrogen (secondary N) is 2. The number of nitrogens with zero attached hydrogens (tertiary/aromatic N) is 3. The molecule has 3 aromatic rings. The van der Waals surface area contributed by atoms with Crippen LogP contribution in [0, 0.1) is 20.8 Å². The highest BCUT2D eigenvalue weighted by molar-refractivity contribution is 7.18. The molecule has 2 N–H and O–H groups in total. The lowest BCUT2D eigenvalue weighted by Crippen LogP contribution is -2.29. The summed E-state index contributed by atoms with van der Waals surface area (Å²) in [6.07, 6.45) is 3.45. The number of anilines is 1. The van der Waals surface area contributed by atoms with Gasteiger partial charge in [0, 0.05) is 23.8 Å². The summed E-state index contributed by atoms with van der Waals surface area (Å²) in [6.45, 7) is 6.61. The van der Waals surface area contributed by atoms with Gasteiger partial charge in [0.1, 0.15) is 16.5 Å². The molecule has 7 heteroatoms. The molecule has 3 heterocycles. The van der Waals surface area contributed by atoms with Gasteiger partial charge in [0.15, 0.2) is 0 Å². The minimum Gasteiger partial charge on any atom is -0.360 e. The molecule has 24 heavy (non-hydrogen) atoms. The molecule has 124 valence electrons. The summed E-state index contributed by atoms with van der Waals surface area (Å²) in [6, 6.07) is 3.78. The van der Waals surface area contributed by atoms with Crippen LogP contribution in [0.15, 0.2) is 24.5 Å². The van der Waals surface area contributed by atoms with Gasteiger partial charge < -0.3 is 10.6 Å². The van der Waals surface area contributed by atoms with Crippen LogP contribution >= 0.6 is 11.3 Å². The Morgan fingerprint density at radius 1 is 1.25 bits per heavy atom. The molecule has 0 radical (unpaired) electrons. The highest BCUT2D eigenvalue weighted by Gasteiger charge is 2.14. The van der Waals surface area contributed by atoms with Crippen molar-refractivity contribution in [2.75, 3.05) is 11.9 Å². The standard InChI is InChI=1S/C17H19N5OS/c1-10-11(2)24-17-15(10)16(21-12(3)22-17)20-9-14(23)19-8-13-5-4-6-18-7-13/h4-7H,8-9H2,1-3H3,(H,19,23)(H,20,21,22). The molecule has 3 rings (SSSR count). The van der Waals surface area contributed by atoms with Crippen LogP contribution in [0.2, 0.25) is 0 Å². The van der Waals surface area contributed by atoms with Gasteiger partial charge in [-0.25, -0.2) is 9.97 Å². The first-order valence-electron chi connectivity index (χ1n) is 7.68. The van der Waals surface area contributed by atoms with E-state index in [0.29, 0.717) is 12.4 Å². The summed E-state index contributed by atoms with van der Waals surface area (Å²) in [5.74, 6) is 1.32. The lowest BCUT2D eigenvalue weighted by molar-refractivity contribution is -0.119. The minimum atomic E-state index is -0.0899. The molecule has 0 bridgehead atoms. The van der Waals surface area contributed by atoms with Gasteiger partial charge in [0.2, 0.25) is 5.91 Å². The first-order chi connectivity index (χ1) is 11.5. The van der Waals surface area contributed by atoms with Crippen molar-refractivity contribution in [3.63, 3.8) is 0 Å².